The molecule has 0 aliphatic carbocycles. The minimum absolute atomic E-state index is 0. The van der Waals surface area contributed by atoms with Gasteiger partial charge in [0.25, 0.3) is 5.91 Å². The van der Waals surface area contributed by atoms with Gasteiger partial charge in [-0.2, -0.15) is 0 Å². The Bertz CT molecular complexity index is 674. The summed E-state index contributed by atoms with van der Waals surface area (Å²) in [7, 11) is 1.87. The minimum atomic E-state index is -0.00331. The van der Waals surface area contributed by atoms with Gasteiger partial charge in [-0.05, 0) is 38.1 Å². The molecule has 1 aromatic heterocycles. The maximum absolute atomic E-state index is 12.6. The Kier molecular flexibility index (Phi) is 8.46. The molecule has 1 amide bonds. The van der Waals surface area contributed by atoms with Gasteiger partial charge in [0.1, 0.15) is 10.7 Å². The van der Waals surface area contributed by atoms with Crippen molar-refractivity contribution in [2.24, 2.45) is 0 Å². The smallest absolute Gasteiger partial charge is 0.273 e. The molecule has 2 heterocycles. The van der Waals surface area contributed by atoms with E-state index in [4.69, 9.17) is 11.6 Å². The van der Waals surface area contributed by atoms with Gasteiger partial charge in [0.2, 0.25) is 0 Å². The maximum atomic E-state index is 12.6. The van der Waals surface area contributed by atoms with E-state index in [2.05, 4.69) is 10.3 Å². The van der Waals surface area contributed by atoms with Crippen molar-refractivity contribution >= 4 is 53.7 Å². The third-order valence-electron chi connectivity index (χ3n) is 3.97. The van der Waals surface area contributed by atoms with Crippen LogP contribution in [0, 0.1) is 0 Å². The molecule has 132 valence electrons. The third kappa shape index (κ3) is 4.83. The fraction of sp³-hybridized carbons (Fsp3) is 0.375. The van der Waals surface area contributed by atoms with Crippen LogP contribution in [0.1, 0.15) is 23.3 Å². The predicted molar refractivity (Wildman–Crippen MR) is 105 cm³/mol. The lowest BCUT2D eigenvalue weighted by Gasteiger charge is -2.31. The third-order valence-corrected chi connectivity index (χ3v) is 5.10. The second-order valence-electron chi connectivity index (χ2n) is 5.45. The van der Waals surface area contributed by atoms with Gasteiger partial charge in [-0.25, -0.2) is 4.98 Å². The van der Waals surface area contributed by atoms with Gasteiger partial charge in [-0.1, -0.05) is 23.7 Å². The Morgan fingerprint density at radius 3 is 2.71 bits per heavy atom. The van der Waals surface area contributed by atoms with Crippen molar-refractivity contribution in [3.8, 4) is 10.6 Å². The van der Waals surface area contributed by atoms with Crippen LogP contribution in [-0.2, 0) is 0 Å². The van der Waals surface area contributed by atoms with E-state index in [9.17, 15) is 4.79 Å². The first-order chi connectivity index (χ1) is 10.6. The van der Waals surface area contributed by atoms with Crippen molar-refractivity contribution in [3.05, 3.63) is 40.4 Å². The Hall–Kier alpha value is -0.850. The maximum Gasteiger partial charge on any atom is 0.273 e. The van der Waals surface area contributed by atoms with Crippen molar-refractivity contribution in [2.75, 3.05) is 20.1 Å². The lowest BCUT2D eigenvalue weighted by atomic mass is 10.1. The van der Waals surface area contributed by atoms with Crippen LogP contribution in [-0.4, -0.2) is 42.0 Å². The molecule has 3 rings (SSSR count). The van der Waals surface area contributed by atoms with Gasteiger partial charge < -0.3 is 10.2 Å². The van der Waals surface area contributed by atoms with Crippen molar-refractivity contribution < 1.29 is 4.79 Å². The van der Waals surface area contributed by atoms with Crippen molar-refractivity contribution in [1.82, 2.24) is 15.2 Å². The number of thiazole rings is 1. The monoisotopic (exact) mass is 407 g/mol. The summed E-state index contributed by atoms with van der Waals surface area (Å²) in [6, 6.07) is 7.84. The van der Waals surface area contributed by atoms with E-state index < -0.39 is 0 Å². The fourth-order valence-electron chi connectivity index (χ4n) is 2.67. The molecule has 1 N–H and O–H groups in total. The molecule has 2 aromatic rings. The molecule has 8 heteroatoms. The van der Waals surface area contributed by atoms with Gasteiger partial charge in [-0.15, -0.1) is 36.2 Å². The zero-order valence-electron chi connectivity index (χ0n) is 13.2. The summed E-state index contributed by atoms with van der Waals surface area (Å²) in [5.74, 6) is -0.00331. The van der Waals surface area contributed by atoms with Crippen LogP contribution in [0.5, 0.6) is 0 Å². The zero-order valence-corrected chi connectivity index (χ0v) is 16.4. The molecule has 1 aliphatic heterocycles. The number of rotatable bonds is 3. The number of amides is 1. The van der Waals surface area contributed by atoms with Crippen LogP contribution in [0.15, 0.2) is 29.6 Å². The molecule has 1 fully saturated rings. The molecule has 0 unspecified atom stereocenters. The standard InChI is InChI=1S/C16H18ClN3OS.2ClH/c1-20(13-5-7-18-8-6-13)16(21)14-10-22-15(19-14)11-3-2-4-12(17)9-11;;/h2-4,9-10,13,18H,5-8H2,1H3;2*1H. The Morgan fingerprint density at radius 2 is 2.04 bits per heavy atom. The molecule has 0 spiro atoms. The lowest BCUT2D eigenvalue weighted by molar-refractivity contribution is 0.0698. The molecular weight excluding hydrogens is 389 g/mol. The number of hydrogen-bond donors (Lipinski definition) is 1. The lowest BCUT2D eigenvalue weighted by Crippen LogP contribution is -2.44. The molecule has 4 nitrogen and oxygen atoms in total. The predicted octanol–water partition coefficient (Wildman–Crippen LogP) is 4.13. The van der Waals surface area contributed by atoms with E-state index in [-0.39, 0.29) is 30.7 Å². The highest BCUT2D eigenvalue weighted by Gasteiger charge is 2.24. The van der Waals surface area contributed by atoms with Gasteiger partial charge in [0, 0.05) is 29.1 Å². The summed E-state index contributed by atoms with van der Waals surface area (Å²) in [5.41, 5.74) is 1.46. The molecule has 24 heavy (non-hydrogen) atoms. The van der Waals surface area contributed by atoms with Crippen LogP contribution in [0.25, 0.3) is 10.6 Å². The highest BCUT2D eigenvalue weighted by Crippen LogP contribution is 2.26. The van der Waals surface area contributed by atoms with Crippen LogP contribution in [0.2, 0.25) is 5.02 Å². The van der Waals surface area contributed by atoms with E-state index in [1.165, 1.54) is 11.3 Å². The number of carbonyl (C=O) groups is 1. The molecule has 0 saturated carbocycles. The summed E-state index contributed by atoms with van der Waals surface area (Å²) >= 11 is 7.49. The summed E-state index contributed by atoms with van der Waals surface area (Å²) in [5, 5.41) is 6.64. The van der Waals surface area contributed by atoms with Crippen LogP contribution in [0.3, 0.4) is 0 Å². The van der Waals surface area contributed by atoms with Gasteiger partial charge in [0.05, 0.1) is 0 Å². The topological polar surface area (TPSA) is 45.2 Å². The Morgan fingerprint density at radius 1 is 1.33 bits per heavy atom. The highest BCUT2D eigenvalue weighted by atomic mass is 35.5. The van der Waals surface area contributed by atoms with E-state index in [1.807, 2.05) is 41.6 Å². The van der Waals surface area contributed by atoms with Crippen LogP contribution < -0.4 is 5.32 Å². The molecule has 1 aromatic carbocycles. The second kappa shape index (κ2) is 9.59. The first kappa shape index (κ1) is 21.2. The first-order valence-corrected chi connectivity index (χ1v) is 8.60. The number of piperidine rings is 1. The summed E-state index contributed by atoms with van der Waals surface area (Å²) in [6.45, 7) is 1.93. The van der Waals surface area contributed by atoms with Crippen LogP contribution in [0.4, 0.5) is 0 Å². The van der Waals surface area contributed by atoms with Crippen molar-refractivity contribution in [2.45, 2.75) is 18.9 Å². The minimum Gasteiger partial charge on any atom is -0.337 e. The number of aromatic nitrogens is 1. The largest absolute Gasteiger partial charge is 0.337 e. The summed E-state index contributed by atoms with van der Waals surface area (Å²) < 4.78 is 0. The van der Waals surface area contributed by atoms with Crippen LogP contribution >= 0.6 is 47.8 Å². The molecule has 0 bridgehead atoms. The SMILES string of the molecule is CN(C(=O)c1csc(-c2cccc(Cl)c2)n1)C1CCNCC1.Cl.Cl. The average molecular weight is 409 g/mol. The Balaban J connectivity index is 0.00000144. The molecule has 1 saturated heterocycles. The van der Waals surface area contributed by atoms with Crippen molar-refractivity contribution in [1.29, 1.82) is 0 Å². The van der Waals surface area contributed by atoms with Gasteiger partial charge >= 0.3 is 0 Å². The molecular formula is C16H20Cl3N3OS. The zero-order chi connectivity index (χ0) is 15.5. The fourth-order valence-corrected chi connectivity index (χ4v) is 3.65. The normalized spacial score (nSPS) is 14.4. The van der Waals surface area contributed by atoms with E-state index in [0.717, 1.165) is 36.5 Å². The first-order valence-electron chi connectivity index (χ1n) is 7.34. The van der Waals surface area contributed by atoms with Crippen molar-refractivity contribution in [3.63, 3.8) is 0 Å². The number of benzene rings is 1. The Labute approximate surface area is 163 Å². The summed E-state index contributed by atoms with van der Waals surface area (Å²) in [4.78, 5) is 18.9. The number of hydrogen-bond acceptors (Lipinski definition) is 4. The number of nitrogens with zero attached hydrogens (tertiary/aromatic N) is 2. The highest BCUT2D eigenvalue weighted by molar-refractivity contribution is 7.13. The quantitative estimate of drug-likeness (QED) is 0.830. The molecule has 0 radical (unpaired) electrons. The van der Waals surface area contributed by atoms with Gasteiger partial charge in [0.15, 0.2) is 0 Å². The number of carbonyl (C=O) groups excluding carboxylic acids is 1. The number of nitrogens with one attached hydrogen (secondary N) is 1. The second-order valence-corrected chi connectivity index (χ2v) is 6.74. The van der Waals surface area contributed by atoms with Gasteiger partial charge in [-0.3, -0.25) is 4.79 Å². The summed E-state index contributed by atoms with van der Waals surface area (Å²) in [6.07, 6.45) is 1.99. The van der Waals surface area contributed by atoms with E-state index in [0.29, 0.717) is 16.8 Å². The number of halogens is 3. The molecule has 1 aliphatic rings. The van der Waals surface area contributed by atoms with E-state index >= 15 is 0 Å². The average Bonchev–Trinajstić information content (AvgIpc) is 3.04. The molecule has 0 atom stereocenters. The van der Waals surface area contributed by atoms with E-state index in [1.54, 1.807) is 0 Å².